The van der Waals surface area contributed by atoms with Crippen LogP contribution in [0.4, 0.5) is 36.8 Å². The number of alkyl halides is 6. The number of urea groups is 1. The zero-order valence-electron chi connectivity index (χ0n) is 29.7. The molecule has 0 saturated carbocycles. The van der Waals surface area contributed by atoms with Gasteiger partial charge in [0.15, 0.2) is 0 Å². The Hall–Kier alpha value is -4.38. The van der Waals surface area contributed by atoms with E-state index in [0.29, 0.717) is 64.5 Å². The predicted molar refractivity (Wildman–Crippen MR) is 184 cm³/mol. The number of amides is 4. The lowest BCUT2D eigenvalue weighted by Gasteiger charge is -2.43. The van der Waals surface area contributed by atoms with Crippen LogP contribution in [0.1, 0.15) is 54.4 Å². The van der Waals surface area contributed by atoms with Gasteiger partial charge in [-0.3, -0.25) is 24.2 Å². The number of carbonyl (C=O) groups is 4. The summed E-state index contributed by atoms with van der Waals surface area (Å²) in [5.74, 6) is -3.13. The molecule has 2 aromatic carbocycles. The number of nitrogens with zero attached hydrogens (tertiary/aromatic N) is 5. The number of carbonyl (C=O) groups excluding carboxylic acids is 3. The molecule has 0 radical (unpaired) electrons. The van der Waals surface area contributed by atoms with Crippen molar-refractivity contribution < 1.29 is 50.6 Å². The van der Waals surface area contributed by atoms with Crippen LogP contribution in [-0.2, 0) is 39.7 Å². The van der Waals surface area contributed by atoms with E-state index < -0.39 is 65.6 Å². The monoisotopic (exact) mass is 766 g/mol. The molecule has 6 rings (SSSR count). The third-order valence-electron chi connectivity index (χ3n) is 11.2. The Balaban J connectivity index is 1.13. The molecule has 294 valence electrons. The Morgan fingerprint density at radius 3 is 2.06 bits per heavy atom. The number of likely N-dealkylation sites (tertiary alicyclic amines) is 2. The number of hydrogen-bond acceptors (Lipinski definition) is 6. The Morgan fingerprint density at radius 1 is 0.796 bits per heavy atom. The maximum atomic E-state index is 14.2. The highest BCUT2D eigenvalue weighted by molar-refractivity contribution is 5.92. The Kier molecular flexibility index (Phi) is 11.8. The Bertz CT molecular complexity index is 1700. The van der Waals surface area contributed by atoms with Crippen molar-refractivity contribution in [2.45, 2.75) is 69.5 Å². The van der Waals surface area contributed by atoms with Gasteiger partial charge in [0, 0.05) is 83.1 Å². The maximum Gasteiger partial charge on any atom is 0.416 e. The van der Waals surface area contributed by atoms with Gasteiger partial charge in [-0.05, 0) is 61.4 Å². The van der Waals surface area contributed by atoms with Crippen molar-refractivity contribution in [2.24, 2.45) is 5.92 Å². The fourth-order valence-corrected chi connectivity index (χ4v) is 8.18. The van der Waals surface area contributed by atoms with E-state index in [1.54, 1.807) is 9.80 Å². The summed E-state index contributed by atoms with van der Waals surface area (Å²) < 4.78 is 82.8. The molecule has 11 nitrogen and oxygen atoms in total. The van der Waals surface area contributed by atoms with Gasteiger partial charge in [0.25, 0.3) is 0 Å². The molecular weight excluding hydrogens is 722 g/mol. The summed E-state index contributed by atoms with van der Waals surface area (Å²) in [5.41, 5.74) is -1.75. The first-order chi connectivity index (χ1) is 25.6. The van der Waals surface area contributed by atoms with Gasteiger partial charge in [0.2, 0.25) is 11.8 Å². The van der Waals surface area contributed by atoms with E-state index in [1.807, 2.05) is 29.2 Å². The lowest BCUT2D eigenvalue weighted by Crippen LogP contribution is -2.55. The van der Waals surface area contributed by atoms with Crippen molar-refractivity contribution >= 4 is 29.5 Å². The third kappa shape index (κ3) is 9.28. The largest absolute Gasteiger partial charge is 0.480 e. The van der Waals surface area contributed by atoms with Gasteiger partial charge in [0.1, 0.15) is 0 Å². The van der Waals surface area contributed by atoms with Crippen LogP contribution in [0.25, 0.3) is 0 Å². The molecular formula is C37H44F6N6O5. The van der Waals surface area contributed by atoms with Crippen LogP contribution in [0.15, 0.2) is 42.5 Å². The maximum absolute atomic E-state index is 14.2. The lowest BCUT2D eigenvalue weighted by atomic mass is 9.89. The number of piperazine rings is 1. The number of hydrogen-bond donors (Lipinski definition) is 2. The average molecular weight is 767 g/mol. The van der Waals surface area contributed by atoms with Crippen molar-refractivity contribution in [1.82, 2.24) is 24.5 Å². The first-order valence-electron chi connectivity index (χ1n) is 18.2. The highest BCUT2D eigenvalue weighted by Crippen LogP contribution is 2.39. The van der Waals surface area contributed by atoms with E-state index in [2.05, 4.69) is 10.2 Å². The van der Waals surface area contributed by atoms with Crippen LogP contribution in [0.2, 0.25) is 0 Å². The Morgan fingerprint density at radius 2 is 1.43 bits per heavy atom. The minimum Gasteiger partial charge on any atom is -0.480 e. The van der Waals surface area contributed by atoms with Gasteiger partial charge in [-0.25, -0.2) is 4.79 Å². The highest BCUT2D eigenvalue weighted by atomic mass is 19.4. The summed E-state index contributed by atoms with van der Waals surface area (Å²) >= 11 is 0. The van der Waals surface area contributed by atoms with Crippen LogP contribution in [0, 0.1) is 5.92 Å². The van der Waals surface area contributed by atoms with Crippen LogP contribution in [0.3, 0.4) is 0 Å². The second-order valence-corrected chi connectivity index (χ2v) is 14.6. The number of benzene rings is 2. The summed E-state index contributed by atoms with van der Waals surface area (Å²) in [6.07, 6.45) is -9.10. The number of halogens is 6. The van der Waals surface area contributed by atoms with Crippen molar-refractivity contribution in [3.63, 3.8) is 0 Å². The number of carboxylic acid groups (broad SMARTS) is 1. The van der Waals surface area contributed by atoms with Gasteiger partial charge >= 0.3 is 24.4 Å². The lowest BCUT2D eigenvalue weighted by molar-refractivity contribution is -0.145. The molecule has 0 unspecified atom stereocenters. The number of nitrogens with one attached hydrogen (secondary N) is 1. The molecule has 0 spiro atoms. The fourth-order valence-electron chi connectivity index (χ4n) is 8.18. The SMILES string of the molecule is O=C(O)CN1CCN(C2CCN(C(=O)[C@@H](CC(=O)N3CCC(N4Cc5ccccc5NC4=O)CC3)Cc3ccc(C(F)(F)F)cc3C(F)(F)F)CC2)CC1. The number of fused-ring (bicyclic) bond motifs is 1. The van der Waals surface area contributed by atoms with Crippen molar-refractivity contribution in [3.8, 4) is 0 Å². The van der Waals surface area contributed by atoms with Crippen LogP contribution in [-0.4, -0.2) is 124 Å². The molecule has 3 saturated heterocycles. The minimum atomic E-state index is -5.13. The van der Waals surface area contributed by atoms with Crippen molar-refractivity contribution in [2.75, 3.05) is 64.2 Å². The number of anilines is 1. The number of rotatable bonds is 9. The van der Waals surface area contributed by atoms with E-state index >= 15 is 0 Å². The molecule has 0 aliphatic carbocycles. The smallest absolute Gasteiger partial charge is 0.416 e. The van der Waals surface area contributed by atoms with E-state index in [-0.39, 0.29) is 56.9 Å². The molecule has 1 atom stereocenters. The van der Waals surface area contributed by atoms with Gasteiger partial charge in [-0.1, -0.05) is 24.3 Å². The third-order valence-corrected chi connectivity index (χ3v) is 11.2. The molecule has 0 aromatic heterocycles. The molecule has 0 bridgehead atoms. The van der Waals surface area contributed by atoms with E-state index in [1.165, 1.54) is 4.90 Å². The quantitative estimate of drug-likeness (QED) is 0.345. The fraction of sp³-hybridized carbons (Fsp3) is 0.568. The molecule has 4 amide bonds. The zero-order valence-corrected chi connectivity index (χ0v) is 29.7. The van der Waals surface area contributed by atoms with Crippen molar-refractivity contribution in [3.05, 3.63) is 64.7 Å². The summed E-state index contributed by atoms with van der Waals surface area (Å²) in [6, 6.07) is 8.53. The molecule has 2 aromatic rings. The molecule has 4 aliphatic rings. The van der Waals surface area contributed by atoms with Crippen LogP contribution >= 0.6 is 0 Å². The molecule has 17 heteroatoms. The molecule has 4 heterocycles. The first kappa shape index (κ1) is 39.3. The number of piperidine rings is 2. The normalized spacial score (nSPS) is 20.4. The first-order valence-corrected chi connectivity index (χ1v) is 18.2. The zero-order chi connectivity index (χ0) is 38.8. The van der Waals surface area contributed by atoms with Gasteiger partial charge in [-0.15, -0.1) is 0 Å². The molecule has 3 fully saturated rings. The molecule has 54 heavy (non-hydrogen) atoms. The number of aliphatic carboxylic acids is 1. The van der Waals surface area contributed by atoms with Gasteiger partial charge in [-0.2, -0.15) is 26.3 Å². The van der Waals surface area contributed by atoms with Gasteiger partial charge < -0.3 is 25.1 Å². The van der Waals surface area contributed by atoms with Crippen LogP contribution in [0.5, 0.6) is 0 Å². The standard InChI is InChI=1S/C37H44F6N6O5/c38-36(39,40)27-6-5-24(30(21-27)37(41,42)43)19-26(34(53)48-13-7-28(8-14-48)46-17-15-45(16-18-46)23-33(51)52)20-32(50)47-11-9-29(10-12-47)49-22-25-3-1-2-4-31(25)44-35(49)54/h1-6,21,26,28-29H,7-20,22-23H2,(H,44,54)(H,51,52)/t26-/m1/s1. The topological polar surface area (TPSA) is 117 Å². The predicted octanol–water partition coefficient (Wildman–Crippen LogP) is 5.00. The molecule has 2 N–H and O–H groups in total. The second-order valence-electron chi connectivity index (χ2n) is 14.6. The molecule has 4 aliphatic heterocycles. The van der Waals surface area contributed by atoms with E-state index in [4.69, 9.17) is 5.11 Å². The summed E-state index contributed by atoms with van der Waals surface area (Å²) in [5, 5.41) is 12.0. The second kappa shape index (κ2) is 16.2. The summed E-state index contributed by atoms with van der Waals surface area (Å²) in [6.45, 7) is 3.94. The summed E-state index contributed by atoms with van der Waals surface area (Å²) in [4.78, 5) is 60.7. The van der Waals surface area contributed by atoms with E-state index in [9.17, 15) is 45.5 Å². The Labute approximate surface area is 308 Å². The highest BCUT2D eigenvalue weighted by Gasteiger charge is 2.41. The number of para-hydroxylation sites is 1. The minimum absolute atomic E-state index is 0.0431. The average Bonchev–Trinajstić information content (AvgIpc) is 3.13. The summed E-state index contributed by atoms with van der Waals surface area (Å²) in [7, 11) is 0. The van der Waals surface area contributed by atoms with Gasteiger partial charge in [0.05, 0.1) is 23.6 Å². The van der Waals surface area contributed by atoms with E-state index in [0.717, 1.165) is 17.3 Å². The number of carboxylic acids is 1. The van der Waals surface area contributed by atoms with Crippen molar-refractivity contribution in [1.29, 1.82) is 0 Å². The van der Waals surface area contributed by atoms with Crippen LogP contribution < -0.4 is 5.32 Å².